The monoisotopic (exact) mass is 313 g/mol. The Balaban J connectivity index is 2.90. The summed E-state index contributed by atoms with van der Waals surface area (Å²) in [5.74, 6) is -0.206. The molecular weight excluding hydrogens is 290 g/mol. The van der Waals surface area contributed by atoms with E-state index in [0.717, 1.165) is 18.2 Å². The average molecular weight is 313 g/mol. The summed E-state index contributed by atoms with van der Waals surface area (Å²) in [6, 6.07) is 4.43. The summed E-state index contributed by atoms with van der Waals surface area (Å²) in [7, 11) is -3.37. The molecule has 0 fully saturated rings. The molecular formula is C14H23N3O3S. The first-order valence-corrected chi connectivity index (χ1v) is 8.68. The van der Waals surface area contributed by atoms with Crippen LogP contribution in [0.2, 0.25) is 0 Å². The third-order valence-electron chi connectivity index (χ3n) is 3.36. The number of hydrogen-bond acceptors (Lipinski definition) is 4. The van der Waals surface area contributed by atoms with Crippen molar-refractivity contribution in [3.05, 3.63) is 23.8 Å². The molecule has 0 aliphatic rings. The van der Waals surface area contributed by atoms with E-state index in [4.69, 9.17) is 5.73 Å². The van der Waals surface area contributed by atoms with Crippen molar-refractivity contribution < 1.29 is 13.2 Å². The van der Waals surface area contributed by atoms with Crippen LogP contribution in [0.3, 0.4) is 0 Å². The molecule has 0 saturated carbocycles. The maximum atomic E-state index is 12.0. The molecule has 1 aromatic rings. The van der Waals surface area contributed by atoms with Crippen molar-refractivity contribution in [3.8, 4) is 0 Å². The summed E-state index contributed by atoms with van der Waals surface area (Å²) in [5, 5.41) is 2.71. The number of hydrogen-bond donors (Lipinski definition) is 3. The maximum absolute atomic E-state index is 12.0. The largest absolute Gasteiger partial charge is 0.325 e. The van der Waals surface area contributed by atoms with Crippen molar-refractivity contribution in [1.82, 2.24) is 0 Å². The van der Waals surface area contributed by atoms with Crippen LogP contribution in [0.4, 0.5) is 11.4 Å². The highest BCUT2D eigenvalue weighted by Gasteiger charge is 2.19. The number of nitrogens with one attached hydrogen (secondary N) is 2. The Morgan fingerprint density at radius 3 is 2.52 bits per heavy atom. The zero-order valence-corrected chi connectivity index (χ0v) is 13.6. The second-order valence-corrected chi connectivity index (χ2v) is 7.05. The number of rotatable bonds is 6. The van der Waals surface area contributed by atoms with Gasteiger partial charge in [-0.2, -0.15) is 0 Å². The van der Waals surface area contributed by atoms with Crippen molar-refractivity contribution in [2.45, 2.75) is 33.2 Å². The predicted molar refractivity (Wildman–Crippen MR) is 85.7 cm³/mol. The van der Waals surface area contributed by atoms with Crippen LogP contribution in [-0.2, 0) is 14.8 Å². The fourth-order valence-corrected chi connectivity index (χ4v) is 2.37. The van der Waals surface area contributed by atoms with Crippen LogP contribution in [0, 0.1) is 12.8 Å². The summed E-state index contributed by atoms with van der Waals surface area (Å²) in [6.45, 7) is 5.66. The molecule has 0 aromatic heterocycles. The van der Waals surface area contributed by atoms with Gasteiger partial charge in [0.05, 0.1) is 18.0 Å². The van der Waals surface area contributed by atoms with Crippen LogP contribution in [0.15, 0.2) is 18.2 Å². The summed E-state index contributed by atoms with van der Waals surface area (Å²) in [5.41, 5.74) is 7.58. The predicted octanol–water partition coefficient (Wildman–Crippen LogP) is 1.68. The van der Waals surface area contributed by atoms with Crippen LogP contribution in [0.25, 0.3) is 0 Å². The molecule has 1 rings (SSSR count). The Bertz CT molecular complexity index is 614. The third kappa shape index (κ3) is 5.35. The SMILES string of the molecule is CCC(C)C(N)C(=O)Nc1ccc(C)c(NS(C)(=O)=O)c1. The molecule has 4 N–H and O–H groups in total. The molecule has 0 spiro atoms. The normalized spacial score (nSPS) is 14.3. The fraction of sp³-hybridized carbons (Fsp3) is 0.500. The van der Waals surface area contributed by atoms with Crippen molar-refractivity contribution in [2.75, 3.05) is 16.3 Å². The molecule has 0 aliphatic heterocycles. The van der Waals surface area contributed by atoms with Gasteiger partial charge in [-0.25, -0.2) is 8.42 Å². The first-order chi connectivity index (χ1) is 9.64. The van der Waals surface area contributed by atoms with E-state index in [9.17, 15) is 13.2 Å². The first kappa shape index (κ1) is 17.5. The molecule has 6 nitrogen and oxygen atoms in total. The minimum atomic E-state index is -3.37. The molecule has 0 radical (unpaired) electrons. The molecule has 0 heterocycles. The molecule has 7 heteroatoms. The Hall–Kier alpha value is -1.60. The standard InChI is InChI=1S/C14H23N3O3S/c1-5-9(2)13(15)14(18)16-11-7-6-10(3)12(8-11)17-21(4,19)20/h6-9,13,17H,5,15H2,1-4H3,(H,16,18). The van der Waals surface area contributed by atoms with Gasteiger partial charge in [-0.3, -0.25) is 9.52 Å². The molecule has 118 valence electrons. The summed E-state index contributed by atoms with van der Waals surface area (Å²) >= 11 is 0. The van der Waals surface area contributed by atoms with Crippen molar-refractivity contribution >= 4 is 27.3 Å². The van der Waals surface area contributed by atoms with Gasteiger partial charge in [-0.05, 0) is 30.5 Å². The van der Waals surface area contributed by atoms with E-state index in [0.29, 0.717) is 11.4 Å². The van der Waals surface area contributed by atoms with Gasteiger partial charge < -0.3 is 11.1 Å². The number of carbonyl (C=O) groups excluding carboxylic acids is 1. The fourth-order valence-electron chi connectivity index (χ4n) is 1.75. The van der Waals surface area contributed by atoms with Gasteiger partial charge in [0.1, 0.15) is 0 Å². The van der Waals surface area contributed by atoms with Gasteiger partial charge >= 0.3 is 0 Å². The van der Waals surface area contributed by atoms with E-state index in [-0.39, 0.29) is 11.8 Å². The highest BCUT2D eigenvalue weighted by Crippen LogP contribution is 2.21. The number of carbonyl (C=O) groups is 1. The molecule has 0 saturated heterocycles. The lowest BCUT2D eigenvalue weighted by Crippen LogP contribution is -2.40. The Morgan fingerprint density at radius 2 is 2.00 bits per heavy atom. The number of sulfonamides is 1. The Labute approximate surface area is 126 Å². The lowest BCUT2D eigenvalue weighted by Gasteiger charge is -2.18. The summed E-state index contributed by atoms with van der Waals surface area (Å²) < 4.78 is 25.0. The second-order valence-electron chi connectivity index (χ2n) is 5.30. The molecule has 2 unspecified atom stereocenters. The van der Waals surface area contributed by atoms with Gasteiger partial charge in [-0.1, -0.05) is 26.3 Å². The minimum Gasteiger partial charge on any atom is -0.325 e. The lowest BCUT2D eigenvalue weighted by atomic mass is 9.99. The number of anilines is 2. The van der Waals surface area contributed by atoms with Gasteiger partial charge in [0.25, 0.3) is 0 Å². The maximum Gasteiger partial charge on any atom is 0.241 e. The number of amides is 1. The van der Waals surface area contributed by atoms with Gasteiger partial charge in [0.15, 0.2) is 0 Å². The second kappa shape index (κ2) is 6.91. The smallest absolute Gasteiger partial charge is 0.241 e. The van der Waals surface area contributed by atoms with E-state index in [1.807, 2.05) is 13.8 Å². The van der Waals surface area contributed by atoms with Crippen LogP contribution >= 0.6 is 0 Å². The number of nitrogens with two attached hydrogens (primary N) is 1. The highest BCUT2D eigenvalue weighted by molar-refractivity contribution is 7.92. The lowest BCUT2D eigenvalue weighted by molar-refractivity contribution is -0.118. The summed E-state index contributed by atoms with van der Waals surface area (Å²) in [4.78, 5) is 12.0. The van der Waals surface area contributed by atoms with Crippen molar-refractivity contribution in [2.24, 2.45) is 11.7 Å². The Morgan fingerprint density at radius 1 is 1.38 bits per heavy atom. The molecule has 1 amide bonds. The van der Waals surface area contributed by atoms with Crippen LogP contribution in [0.5, 0.6) is 0 Å². The van der Waals surface area contributed by atoms with E-state index >= 15 is 0 Å². The molecule has 0 bridgehead atoms. The van der Waals surface area contributed by atoms with Crippen LogP contribution < -0.4 is 15.8 Å². The number of benzene rings is 1. The average Bonchev–Trinajstić information content (AvgIpc) is 2.39. The first-order valence-electron chi connectivity index (χ1n) is 6.79. The van der Waals surface area contributed by atoms with E-state index in [1.165, 1.54) is 0 Å². The Kier molecular flexibility index (Phi) is 5.74. The van der Waals surface area contributed by atoms with E-state index < -0.39 is 16.1 Å². The van der Waals surface area contributed by atoms with Crippen LogP contribution in [-0.4, -0.2) is 26.6 Å². The van der Waals surface area contributed by atoms with Gasteiger partial charge in [0, 0.05) is 5.69 Å². The van der Waals surface area contributed by atoms with E-state index in [1.54, 1.807) is 25.1 Å². The van der Waals surface area contributed by atoms with Gasteiger partial charge in [0.2, 0.25) is 15.9 Å². The highest BCUT2D eigenvalue weighted by atomic mass is 32.2. The molecule has 1 aromatic carbocycles. The molecule has 21 heavy (non-hydrogen) atoms. The summed E-state index contributed by atoms with van der Waals surface area (Å²) in [6.07, 6.45) is 1.89. The topological polar surface area (TPSA) is 101 Å². The third-order valence-corrected chi connectivity index (χ3v) is 3.95. The zero-order valence-electron chi connectivity index (χ0n) is 12.8. The minimum absolute atomic E-state index is 0.0732. The van der Waals surface area contributed by atoms with E-state index in [2.05, 4.69) is 10.0 Å². The quantitative estimate of drug-likeness (QED) is 0.743. The van der Waals surface area contributed by atoms with Crippen LogP contribution in [0.1, 0.15) is 25.8 Å². The molecule has 0 aliphatic carbocycles. The zero-order chi connectivity index (χ0) is 16.2. The van der Waals surface area contributed by atoms with Crippen molar-refractivity contribution in [1.29, 1.82) is 0 Å². The number of aryl methyl sites for hydroxylation is 1. The van der Waals surface area contributed by atoms with Gasteiger partial charge in [-0.15, -0.1) is 0 Å². The molecule has 2 atom stereocenters. The van der Waals surface area contributed by atoms with Crippen molar-refractivity contribution in [3.63, 3.8) is 0 Å².